The number of hydrogen-bond acceptors (Lipinski definition) is 2. The second kappa shape index (κ2) is 5.49. The number of amides is 2. The molecule has 0 aliphatic heterocycles. The van der Waals surface area contributed by atoms with E-state index in [9.17, 15) is 4.79 Å². The number of hydrogen-bond donors (Lipinski definition) is 2. The van der Waals surface area contributed by atoms with Crippen LogP contribution in [0.1, 0.15) is 18.4 Å². The van der Waals surface area contributed by atoms with Crippen LogP contribution in [-0.2, 0) is 6.42 Å². The predicted molar refractivity (Wildman–Crippen MR) is 62.1 cm³/mol. The van der Waals surface area contributed by atoms with Crippen molar-refractivity contribution in [2.75, 3.05) is 13.1 Å². The highest BCUT2D eigenvalue weighted by Crippen LogP contribution is 2.27. The van der Waals surface area contributed by atoms with Gasteiger partial charge < -0.3 is 10.6 Å². The van der Waals surface area contributed by atoms with Gasteiger partial charge in [-0.2, -0.15) is 0 Å². The Morgan fingerprint density at radius 2 is 2.31 bits per heavy atom. The van der Waals surface area contributed by atoms with Gasteiger partial charge in [0.05, 0.1) is 0 Å². The van der Waals surface area contributed by atoms with Gasteiger partial charge in [-0.25, -0.2) is 4.79 Å². The molecule has 0 saturated heterocycles. The molecule has 4 heteroatoms. The minimum Gasteiger partial charge on any atom is -0.338 e. The van der Waals surface area contributed by atoms with Crippen molar-refractivity contribution in [3.8, 4) is 0 Å². The molecule has 0 bridgehead atoms. The third kappa shape index (κ3) is 3.88. The molecule has 0 radical (unpaired) electrons. The molecule has 2 rings (SSSR count). The fourth-order valence-electron chi connectivity index (χ4n) is 1.49. The van der Waals surface area contributed by atoms with E-state index < -0.39 is 0 Å². The summed E-state index contributed by atoms with van der Waals surface area (Å²) in [7, 11) is 0. The molecule has 1 heterocycles. The van der Waals surface area contributed by atoms with E-state index in [0.29, 0.717) is 6.54 Å². The van der Waals surface area contributed by atoms with Gasteiger partial charge in [0.15, 0.2) is 0 Å². The van der Waals surface area contributed by atoms with Crippen LogP contribution in [0.4, 0.5) is 4.79 Å². The van der Waals surface area contributed by atoms with Gasteiger partial charge in [0.25, 0.3) is 0 Å². The van der Waals surface area contributed by atoms with Gasteiger partial charge >= 0.3 is 6.03 Å². The molecule has 2 N–H and O–H groups in total. The Morgan fingerprint density at radius 1 is 1.44 bits per heavy atom. The van der Waals surface area contributed by atoms with E-state index in [1.807, 2.05) is 18.3 Å². The van der Waals surface area contributed by atoms with E-state index in [4.69, 9.17) is 0 Å². The minimum atomic E-state index is -0.0595. The molecule has 1 aliphatic carbocycles. The second-order valence-electron chi connectivity index (χ2n) is 4.19. The van der Waals surface area contributed by atoms with Gasteiger partial charge in [-0.05, 0) is 36.8 Å². The quantitative estimate of drug-likeness (QED) is 0.785. The number of aromatic nitrogens is 1. The lowest BCUT2D eigenvalue weighted by Crippen LogP contribution is -2.37. The molecule has 1 aromatic heterocycles. The third-order valence-electron chi connectivity index (χ3n) is 2.67. The van der Waals surface area contributed by atoms with E-state index in [2.05, 4.69) is 15.6 Å². The number of carbonyl (C=O) groups excluding carboxylic acids is 1. The monoisotopic (exact) mass is 219 g/mol. The molecule has 1 aromatic rings. The molecule has 2 amide bonds. The van der Waals surface area contributed by atoms with Crippen molar-refractivity contribution in [2.45, 2.75) is 19.3 Å². The Labute approximate surface area is 95.5 Å². The van der Waals surface area contributed by atoms with Crippen molar-refractivity contribution in [1.29, 1.82) is 0 Å². The molecule has 1 saturated carbocycles. The highest BCUT2D eigenvalue weighted by Gasteiger charge is 2.21. The molecule has 1 fully saturated rings. The average molecular weight is 219 g/mol. The third-order valence-corrected chi connectivity index (χ3v) is 2.67. The highest BCUT2D eigenvalue weighted by atomic mass is 16.2. The van der Waals surface area contributed by atoms with Gasteiger partial charge in [0.1, 0.15) is 0 Å². The van der Waals surface area contributed by atoms with Crippen molar-refractivity contribution < 1.29 is 4.79 Å². The van der Waals surface area contributed by atoms with E-state index >= 15 is 0 Å². The van der Waals surface area contributed by atoms with Crippen LogP contribution in [0.15, 0.2) is 24.5 Å². The predicted octanol–water partition coefficient (Wildman–Crippen LogP) is 1.33. The molecule has 4 nitrogen and oxygen atoms in total. The summed E-state index contributed by atoms with van der Waals surface area (Å²) < 4.78 is 0. The molecule has 1 aliphatic rings. The van der Waals surface area contributed by atoms with Crippen molar-refractivity contribution in [1.82, 2.24) is 15.6 Å². The molecule has 16 heavy (non-hydrogen) atoms. The van der Waals surface area contributed by atoms with Crippen LogP contribution in [0.5, 0.6) is 0 Å². The summed E-state index contributed by atoms with van der Waals surface area (Å²) in [5, 5.41) is 5.70. The zero-order valence-electron chi connectivity index (χ0n) is 9.28. The lowest BCUT2D eigenvalue weighted by molar-refractivity contribution is 0.240. The molecule has 0 atom stereocenters. The standard InChI is InChI=1S/C12H17N3O/c16-12(15-9-11-3-4-11)14-7-5-10-2-1-6-13-8-10/h1-2,6,8,11H,3-5,7,9H2,(H2,14,15,16). The fourth-order valence-corrected chi connectivity index (χ4v) is 1.49. The van der Waals surface area contributed by atoms with E-state index in [-0.39, 0.29) is 6.03 Å². The fraction of sp³-hybridized carbons (Fsp3) is 0.500. The van der Waals surface area contributed by atoms with Gasteiger partial charge in [-0.3, -0.25) is 4.98 Å². The maximum Gasteiger partial charge on any atom is 0.314 e. The Bertz CT molecular complexity index is 335. The summed E-state index contributed by atoms with van der Waals surface area (Å²) in [5.41, 5.74) is 1.14. The number of rotatable bonds is 5. The van der Waals surface area contributed by atoms with Crippen LogP contribution in [0.2, 0.25) is 0 Å². The average Bonchev–Trinajstić information content (AvgIpc) is 3.12. The minimum absolute atomic E-state index is 0.0595. The van der Waals surface area contributed by atoms with Gasteiger partial charge in [-0.1, -0.05) is 6.07 Å². The smallest absolute Gasteiger partial charge is 0.314 e. The normalized spacial score (nSPS) is 14.5. The first-order chi connectivity index (χ1) is 7.84. The van der Waals surface area contributed by atoms with Crippen molar-refractivity contribution in [3.63, 3.8) is 0 Å². The summed E-state index contributed by atoms with van der Waals surface area (Å²) in [6.45, 7) is 1.47. The molecule has 0 aromatic carbocycles. The number of pyridine rings is 1. The Morgan fingerprint density at radius 3 is 3.00 bits per heavy atom. The number of nitrogens with zero attached hydrogens (tertiary/aromatic N) is 1. The number of urea groups is 1. The number of nitrogens with one attached hydrogen (secondary N) is 2. The summed E-state index contributed by atoms with van der Waals surface area (Å²) >= 11 is 0. The molecular weight excluding hydrogens is 202 g/mol. The Hall–Kier alpha value is -1.58. The van der Waals surface area contributed by atoms with Gasteiger partial charge in [0.2, 0.25) is 0 Å². The van der Waals surface area contributed by atoms with Crippen LogP contribution in [-0.4, -0.2) is 24.1 Å². The van der Waals surface area contributed by atoms with Crippen molar-refractivity contribution in [3.05, 3.63) is 30.1 Å². The molecule has 86 valence electrons. The lowest BCUT2D eigenvalue weighted by Gasteiger charge is -2.06. The number of carbonyl (C=O) groups is 1. The summed E-state index contributed by atoms with van der Waals surface area (Å²) in [6.07, 6.45) is 6.92. The molecule has 0 spiro atoms. The van der Waals surface area contributed by atoms with Gasteiger partial charge in [-0.15, -0.1) is 0 Å². The maximum atomic E-state index is 11.3. The maximum absolute atomic E-state index is 11.3. The highest BCUT2D eigenvalue weighted by molar-refractivity contribution is 5.73. The first-order valence-corrected chi connectivity index (χ1v) is 5.75. The SMILES string of the molecule is O=C(NCCc1cccnc1)NCC1CC1. The van der Waals surface area contributed by atoms with Gasteiger partial charge in [0, 0.05) is 25.5 Å². The van der Waals surface area contributed by atoms with Crippen LogP contribution in [0, 0.1) is 5.92 Å². The van der Waals surface area contributed by atoms with Crippen LogP contribution in [0.25, 0.3) is 0 Å². The molecular formula is C12H17N3O. The van der Waals surface area contributed by atoms with Crippen LogP contribution < -0.4 is 10.6 Å². The van der Waals surface area contributed by atoms with Crippen LogP contribution >= 0.6 is 0 Å². The van der Waals surface area contributed by atoms with Crippen LogP contribution in [0.3, 0.4) is 0 Å². The topological polar surface area (TPSA) is 54.0 Å². The van der Waals surface area contributed by atoms with E-state index in [0.717, 1.165) is 24.4 Å². The first kappa shape index (κ1) is 10.9. The second-order valence-corrected chi connectivity index (χ2v) is 4.19. The first-order valence-electron chi connectivity index (χ1n) is 5.75. The van der Waals surface area contributed by atoms with E-state index in [1.54, 1.807) is 6.20 Å². The molecule has 0 unspecified atom stereocenters. The summed E-state index contributed by atoms with van der Waals surface area (Å²) in [5.74, 6) is 0.726. The zero-order valence-corrected chi connectivity index (χ0v) is 9.28. The summed E-state index contributed by atoms with van der Waals surface area (Å²) in [4.78, 5) is 15.3. The zero-order chi connectivity index (χ0) is 11.2. The largest absolute Gasteiger partial charge is 0.338 e. The van der Waals surface area contributed by atoms with E-state index in [1.165, 1.54) is 12.8 Å². The Balaban J connectivity index is 1.58. The van der Waals surface area contributed by atoms with Crippen molar-refractivity contribution >= 4 is 6.03 Å². The summed E-state index contributed by atoms with van der Waals surface area (Å²) in [6, 6.07) is 3.86. The lowest BCUT2D eigenvalue weighted by atomic mass is 10.2. The Kier molecular flexibility index (Phi) is 3.75. The van der Waals surface area contributed by atoms with Crippen molar-refractivity contribution in [2.24, 2.45) is 5.92 Å².